The molecule has 0 unspecified atom stereocenters. The predicted molar refractivity (Wildman–Crippen MR) is 164 cm³/mol. The molecule has 0 saturated heterocycles. The van der Waals surface area contributed by atoms with Crippen molar-refractivity contribution in [3.63, 3.8) is 0 Å². The SMILES string of the molecule is c1c(-c2scc3c2OCCO3)cc(-c2sc(-c3scc4c3OCCO4)c3c2OCCO3)cc1-c1scc2c1OCCO2. The third-order valence-electron chi connectivity index (χ3n) is 7.23. The lowest BCUT2D eigenvalue weighted by Gasteiger charge is -2.19. The fraction of sp³-hybridized carbons (Fsp3) is 0.267. The first-order valence-electron chi connectivity index (χ1n) is 13.5. The highest BCUT2D eigenvalue weighted by atomic mass is 32.1. The van der Waals surface area contributed by atoms with Gasteiger partial charge in [-0.3, -0.25) is 0 Å². The zero-order chi connectivity index (χ0) is 27.6. The number of hydrogen-bond donors (Lipinski definition) is 0. The topological polar surface area (TPSA) is 73.8 Å². The summed E-state index contributed by atoms with van der Waals surface area (Å²) in [7, 11) is 0. The molecule has 0 N–H and O–H groups in total. The van der Waals surface area contributed by atoms with Crippen molar-refractivity contribution in [3.8, 4) is 87.1 Å². The molecule has 0 fully saturated rings. The first-order valence-corrected chi connectivity index (χ1v) is 17.0. The summed E-state index contributed by atoms with van der Waals surface area (Å²) in [6.07, 6.45) is 0. The van der Waals surface area contributed by atoms with Gasteiger partial charge in [0.05, 0.1) is 24.4 Å². The summed E-state index contributed by atoms with van der Waals surface area (Å²) < 4.78 is 48.4. The molecule has 0 bridgehead atoms. The molecule has 0 radical (unpaired) electrons. The van der Waals surface area contributed by atoms with Gasteiger partial charge in [0.25, 0.3) is 0 Å². The minimum absolute atomic E-state index is 0.484. The number of fused-ring (bicyclic) bond motifs is 4. The zero-order valence-corrected chi connectivity index (χ0v) is 25.3. The molecule has 4 aromatic heterocycles. The normalized spacial score (nSPS) is 16.4. The molecule has 1 aromatic carbocycles. The van der Waals surface area contributed by atoms with Crippen LogP contribution >= 0.6 is 45.3 Å². The number of benzene rings is 1. The van der Waals surface area contributed by atoms with Gasteiger partial charge >= 0.3 is 0 Å². The van der Waals surface area contributed by atoms with Crippen LogP contribution in [0.5, 0.6) is 46.0 Å². The summed E-state index contributed by atoms with van der Waals surface area (Å²) in [6, 6.07) is 6.58. The molecular formula is C30H22O8S4. The molecule has 0 saturated carbocycles. The molecule has 0 amide bonds. The first-order chi connectivity index (χ1) is 20.8. The summed E-state index contributed by atoms with van der Waals surface area (Å²) in [4.78, 5) is 5.02. The van der Waals surface area contributed by atoms with Crippen molar-refractivity contribution in [1.82, 2.24) is 0 Å². The number of thiophene rings is 4. The maximum absolute atomic E-state index is 6.31. The van der Waals surface area contributed by atoms with Crippen LogP contribution in [0.4, 0.5) is 0 Å². The van der Waals surface area contributed by atoms with Crippen molar-refractivity contribution < 1.29 is 37.9 Å². The molecule has 0 aliphatic carbocycles. The Morgan fingerprint density at radius 3 is 1.21 bits per heavy atom. The van der Waals surface area contributed by atoms with Gasteiger partial charge < -0.3 is 37.9 Å². The molecule has 0 atom stereocenters. The van der Waals surface area contributed by atoms with Crippen LogP contribution in [0.15, 0.2) is 34.3 Å². The Balaban J connectivity index is 1.25. The minimum Gasteiger partial charge on any atom is -0.485 e. The summed E-state index contributed by atoms with van der Waals surface area (Å²) in [6.45, 7) is 4.20. The maximum Gasteiger partial charge on any atom is 0.181 e. The Bertz CT molecular complexity index is 1760. The largest absolute Gasteiger partial charge is 0.485 e. The summed E-state index contributed by atoms with van der Waals surface area (Å²) in [5, 5.41) is 6.04. The van der Waals surface area contributed by atoms with Crippen LogP contribution in [0, 0.1) is 0 Å². The van der Waals surface area contributed by atoms with Crippen LogP contribution < -0.4 is 37.9 Å². The molecule has 8 nitrogen and oxygen atoms in total. The molecule has 4 aliphatic heterocycles. The second-order valence-electron chi connectivity index (χ2n) is 9.78. The second-order valence-corrected chi connectivity index (χ2v) is 13.4. The number of rotatable bonds is 4. The minimum atomic E-state index is 0.484. The van der Waals surface area contributed by atoms with Crippen LogP contribution in [0.25, 0.3) is 41.1 Å². The third-order valence-corrected chi connectivity index (χ3v) is 11.5. The van der Waals surface area contributed by atoms with E-state index in [2.05, 4.69) is 18.2 Å². The van der Waals surface area contributed by atoms with Crippen molar-refractivity contribution in [1.29, 1.82) is 0 Å². The van der Waals surface area contributed by atoms with Crippen molar-refractivity contribution in [3.05, 3.63) is 34.3 Å². The van der Waals surface area contributed by atoms with Gasteiger partial charge in [0, 0.05) is 16.1 Å². The highest BCUT2D eigenvalue weighted by molar-refractivity contribution is 7.24. The second kappa shape index (κ2) is 10.0. The van der Waals surface area contributed by atoms with Crippen LogP contribution in [-0.2, 0) is 0 Å². The van der Waals surface area contributed by atoms with Gasteiger partial charge in [-0.05, 0) is 34.9 Å². The highest BCUT2D eigenvalue weighted by Crippen LogP contribution is 2.59. The van der Waals surface area contributed by atoms with Crippen LogP contribution in [0.3, 0.4) is 0 Å². The molecule has 5 aromatic rings. The average molecular weight is 639 g/mol. The fourth-order valence-electron chi connectivity index (χ4n) is 5.45. The Morgan fingerprint density at radius 1 is 0.357 bits per heavy atom. The lowest BCUT2D eigenvalue weighted by molar-refractivity contribution is 0.172. The van der Waals surface area contributed by atoms with E-state index in [1.165, 1.54) is 0 Å². The standard InChI is InChI=1S/C30H22O8S4/c1-4-34-21-18(31-1)12-39-26(21)15-9-16(27-22-19(13-40-27)32-2-5-35-22)11-17(10-15)28-24-25(38-8-7-37-24)30(42-28)29-23-20(14-41-29)33-3-6-36-23/h9-14H,1-8H2. The predicted octanol–water partition coefficient (Wildman–Crippen LogP) is 7.69. The van der Waals surface area contributed by atoms with Gasteiger partial charge in [-0.1, -0.05) is 0 Å². The van der Waals surface area contributed by atoms with Gasteiger partial charge in [0.15, 0.2) is 46.0 Å². The smallest absolute Gasteiger partial charge is 0.181 e. The molecule has 9 rings (SSSR count). The van der Waals surface area contributed by atoms with Crippen molar-refractivity contribution in [2.24, 2.45) is 0 Å². The molecule has 12 heteroatoms. The van der Waals surface area contributed by atoms with Gasteiger partial charge in [-0.25, -0.2) is 0 Å². The lowest BCUT2D eigenvalue weighted by Crippen LogP contribution is -2.15. The van der Waals surface area contributed by atoms with Crippen molar-refractivity contribution in [2.45, 2.75) is 0 Å². The van der Waals surface area contributed by atoms with Gasteiger partial charge in [0.1, 0.15) is 52.9 Å². The van der Waals surface area contributed by atoms with Crippen molar-refractivity contribution >= 4 is 45.3 Å². The van der Waals surface area contributed by atoms with E-state index in [0.29, 0.717) is 52.9 Å². The average Bonchev–Trinajstić information content (AvgIpc) is 3.84. The van der Waals surface area contributed by atoms with E-state index < -0.39 is 0 Å². The summed E-state index contributed by atoms with van der Waals surface area (Å²) >= 11 is 6.49. The van der Waals surface area contributed by atoms with Crippen LogP contribution in [0.1, 0.15) is 0 Å². The monoisotopic (exact) mass is 638 g/mol. The van der Waals surface area contributed by atoms with E-state index >= 15 is 0 Å². The van der Waals surface area contributed by atoms with E-state index in [4.69, 9.17) is 37.9 Å². The molecule has 214 valence electrons. The van der Waals surface area contributed by atoms with E-state index in [1.807, 2.05) is 16.1 Å². The fourth-order valence-corrected chi connectivity index (χ4v) is 9.55. The molecule has 42 heavy (non-hydrogen) atoms. The van der Waals surface area contributed by atoms with Crippen molar-refractivity contribution in [2.75, 3.05) is 52.9 Å². The van der Waals surface area contributed by atoms with E-state index in [9.17, 15) is 0 Å². The number of ether oxygens (including phenoxy) is 8. The first kappa shape index (κ1) is 25.0. The van der Waals surface area contributed by atoms with Gasteiger partial charge in [0.2, 0.25) is 0 Å². The highest BCUT2D eigenvalue weighted by Gasteiger charge is 2.32. The molecule has 4 aliphatic rings. The summed E-state index contributed by atoms with van der Waals surface area (Å²) in [5.74, 6) is 6.21. The number of hydrogen-bond acceptors (Lipinski definition) is 12. The van der Waals surface area contributed by atoms with E-state index in [0.717, 1.165) is 87.1 Å². The Morgan fingerprint density at radius 2 is 0.714 bits per heavy atom. The van der Waals surface area contributed by atoms with Gasteiger partial charge in [-0.15, -0.1) is 45.3 Å². The molecular weight excluding hydrogens is 617 g/mol. The zero-order valence-electron chi connectivity index (χ0n) is 22.0. The molecule has 8 heterocycles. The Hall–Kier alpha value is -3.58. The Kier molecular flexibility index (Phi) is 5.95. The maximum atomic E-state index is 6.31. The summed E-state index contributed by atoms with van der Waals surface area (Å²) in [5.41, 5.74) is 3.08. The van der Waals surface area contributed by atoms with Crippen LogP contribution in [-0.4, -0.2) is 52.9 Å². The lowest BCUT2D eigenvalue weighted by atomic mass is 10.0. The quantitative estimate of drug-likeness (QED) is 0.199. The third kappa shape index (κ3) is 3.96. The van der Waals surface area contributed by atoms with Gasteiger partial charge in [-0.2, -0.15) is 0 Å². The van der Waals surface area contributed by atoms with E-state index in [1.54, 1.807) is 45.3 Å². The Labute approximate surface area is 256 Å². The van der Waals surface area contributed by atoms with Crippen LogP contribution in [0.2, 0.25) is 0 Å². The van der Waals surface area contributed by atoms with E-state index in [-0.39, 0.29) is 0 Å². The molecule has 0 spiro atoms.